The normalized spacial score (nSPS) is 20.8. The molecule has 3 fully saturated rings. The van der Waals surface area contributed by atoms with Crippen LogP contribution in [0, 0.1) is 5.41 Å². The number of benzene rings is 2. The summed E-state index contributed by atoms with van der Waals surface area (Å²) in [4.78, 5) is 71.0. The highest BCUT2D eigenvalue weighted by Gasteiger charge is 2.42. The molecule has 312 valence electrons. The van der Waals surface area contributed by atoms with Gasteiger partial charge in [0.25, 0.3) is 0 Å². The molecule has 1 spiro atoms. The maximum Gasteiger partial charge on any atom is 0.407 e. The SMILES string of the molecule is COC(=O)N[C@@H](C)C(=O)N1CCCC[C@H]1c1ncc(-c2ccc(-c3ccc(-c4cnc([C@@H]5CCCCN5C(=O)[C@H](C)NC(=O)OC)[nH]4)c4c3CC3(CCCC3)C4)cc2)[nH]1. The number of rotatable bonds is 9. The number of carbonyl (C=O) groups is 4. The van der Waals surface area contributed by atoms with E-state index in [1.54, 1.807) is 13.8 Å². The monoisotopic (exact) mass is 804 g/mol. The van der Waals surface area contributed by atoms with Crippen molar-refractivity contribution in [1.29, 1.82) is 0 Å². The molecule has 14 nitrogen and oxygen atoms in total. The van der Waals surface area contributed by atoms with Gasteiger partial charge in [-0.15, -0.1) is 0 Å². The number of fused-ring (bicyclic) bond motifs is 1. The Balaban J connectivity index is 1.04. The summed E-state index contributed by atoms with van der Waals surface area (Å²) in [6.45, 7) is 4.58. The van der Waals surface area contributed by atoms with Crippen molar-refractivity contribution in [2.24, 2.45) is 5.41 Å². The summed E-state index contributed by atoms with van der Waals surface area (Å²) >= 11 is 0. The number of aromatic amines is 2. The van der Waals surface area contributed by atoms with E-state index in [2.05, 4.69) is 57.0 Å². The number of hydrogen-bond donors (Lipinski definition) is 4. The van der Waals surface area contributed by atoms with Gasteiger partial charge < -0.3 is 39.9 Å². The third-order valence-electron chi connectivity index (χ3n) is 13.2. The number of carbonyl (C=O) groups excluding carboxylic acids is 4. The molecule has 8 rings (SSSR count). The highest BCUT2D eigenvalue weighted by Crippen LogP contribution is 2.53. The predicted octanol–water partition coefficient (Wildman–Crippen LogP) is 7.39. The number of methoxy groups -OCH3 is 2. The molecule has 2 aromatic heterocycles. The molecule has 14 heteroatoms. The van der Waals surface area contributed by atoms with E-state index in [1.807, 2.05) is 22.2 Å². The van der Waals surface area contributed by atoms with Gasteiger partial charge in [-0.2, -0.15) is 0 Å². The van der Waals surface area contributed by atoms with Crippen molar-refractivity contribution >= 4 is 24.0 Å². The van der Waals surface area contributed by atoms with Crippen molar-refractivity contribution < 1.29 is 28.7 Å². The molecule has 0 radical (unpaired) electrons. The number of H-pyrrole nitrogens is 2. The fourth-order valence-electron chi connectivity index (χ4n) is 10.1. The molecule has 2 aliphatic carbocycles. The van der Waals surface area contributed by atoms with Crippen LogP contribution in [-0.2, 0) is 31.9 Å². The Morgan fingerprint density at radius 3 is 1.68 bits per heavy atom. The summed E-state index contributed by atoms with van der Waals surface area (Å²) < 4.78 is 9.44. The van der Waals surface area contributed by atoms with E-state index in [0.29, 0.717) is 13.1 Å². The fourth-order valence-corrected chi connectivity index (χ4v) is 10.1. The lowest BCUT2D eigenvalue weighted by Gasteiger charge is -2.36. The third-order valence-corrected chi connectivity index (χ3v) is 13.2. The highest BCUT2D eigenvalue weighted by atomic mass is 16.5. The van der Waals surface area contributed by atoms with Gasteiger partial charge in [0.05, 0.1) is 50.1 Å². The van der Waals surface area contributed by atoms with Crippen LogP contribution in [0.25, 0.3) is 33.6 Å². The third kappa shape index (κ3) is 8.05. The van der Waals surface area contributed by atoms with E-state index in [9.17, 15) is 19.2 Å². The summed E-state index contributed by atoms with van der Waals surface area (Å²) in [6.07, 6.45) is 15.0. The van der Waals surface area contributed by atoms with Crippen molar-refractivity contribution in [1.82, 2.24) is 40.4 Å². The average molecular weight is 805 g/mol. The van der Waals surface area contributed by atoms with Crippen molar-refractivity contribution in [2.75, 3.05) is 27.3 Å². The van der Waals surface area contributed by atoms with E-state index in [0.717, 1.165) is 80.0 Å². The zero-order chi connectivity index (χ0) is 41.3. The molecule has 2 aliphatic heterocycles. The van der Waals surface area contributed by atoms with Crippen molar-refractivity contribution in [3.8, 4) is 33.6 Å². The Bertz CT molecular complexity index is 2190. The van der Waals surface area contributed by atoms with Crippen LogP contribution in [-0.4, -0.2) is 93.1 Å². The van der Waals surface area contributed by atoms with E-state index in [1.165, 1.54) is 67.7 Å². The minimum Gasteiger partial charge on any atom is -0.453 e. The minimum absolute atomic E-state index is 0.144. The molecular weight excluding hydrogens is 749 g/mol. The molecule has 4 heterocycles. The first kappa shape index (κ1) is 40.1. The second-order valence-corrected chi connectivity index (χ2v) is 16.9. The Kier molecular flexibility index (Phi) is 11.5. The molecule has 4 atom stereocenters. The van der Waals surface area contributed by atoms with E-state index < -0.39 is 24.3 Å². The molecule has 4 N–H and O–H groups in total. The first-order valence-electron chi connectivity index (χ1n) is 21.2. The number of alkyl carbamates (subject to hydrolysis) is 2. The standard InChI is InChI=1S/C45H56N8O6/c1-27(48-43(56)58-3)41(54)52-21-9-5-11-37(52)39-46-25-35(50-39)30-15-13-29(14-16-30)31-17-18-32(34-24-45(23-33(31)34)19-7-8-20-45)36-26-47-40(51-36)38-12-6-10-22-53(38)42(55)28(2)49-44(57)59-4/h13-18,25-28,37-38H,5-12,19-24H2,1-4H3,(H,46,50)(H,47,51)(H,48,56)(H,49,57)/t27-,28-,37-,38-/m0/s1. The largest absolute Gasteiger partial charge is 0.453 e. The summed E-state index contributed by atoms with van der Waals surface area (Å²) in [7, 11) is 2.58. The number of piperidine rings is 2. The average Bonchev–Trinajstić information content (AvgIpc) is 4.11. The van der Waals surface area contributed by atoms with Crippen LogP contribution in [0.15, 0.2) is 48.8 Å². The number of amides is 4. The molecule has 4 amide bonds. The molecule has 0 bridgehead atoms. The van der Waals surface area contributed by atoms with Crippen LogP contribution in [0.3, 0.4) is 0 Å². The van der Waals surface area contributed by atoms with Gasteiger partial charge in [0.1, 0.15) is 23.7 Å². The van der Waals surface area contributed by atoms with E-state index in [4.69, 9.17) is 19.4 Å². The van der Waals surface area contributed by atoms with Crippen LogP contribution in [0.4, 0.5) is 9.59 Å². The summed E-state index contributed by atoms with van der Waals surface area (Å²) in [5, 5.41) is 5.23. The summed E-state index contributed by atoms with van der Waals surface area (Å²) in [5.74, 6) is 1.22. The van der Waals surface area contributed by atoms with Gasteiger partial charge >= 0.3 is 12.2 Å². The van der Waals surface area contributed by atoms with Crippen LogP contribution in [0.5, 0.6) is 0 Å². The van der Waals surface area contributed by atoms with Gasteiger partial charge in [-0.05, 0) is 111 Å². The summed E-state index contributed by atoms with van der Waals surface area (Å²) in [5.41, 5.74) is 9.53. The predicted molar refractivity (Wildman–Crippen MR) is 222 cm³/mol. The first-order chi connectivity index (χ1) is 28.6. The van der Waals surface area contributed by atoms with Crippen LogP contribution < -0.4 is 10.6 Å². The van der Waals surface area contributed by atoms with Gasteiger partial charge in [0, 0.05) is 18.7 Å². The van der Waals surface area contributed by atoms with Crippen LogP contribution in [0.2, 0.25) is 0 Å². The lowest BCUT2D eigenvalue weighted by Crippen LogP contribution is -2.49. The summed E-state index contributed by atoms with van der Waals surface area (Å²) in [6, 6.07) is 11.3. The molecule has 0 unspecified atom stereocenters. The van der Waals surface area contributed by atoms with E-state index >= 15 is 0 Å². The Morgan fingerprint density at radius 1 is 0.661 bits per heavy atom. The van der Waals surface area contributed by atoms with Crippen LogP contribution >= 0.6 is 0 Å². The number of nitrogens with one attached hydrogen (secondary N) is 4. The van der Waals surface area contributed by atoms with E-state index in [-0.39, 0.29) is 29.3 Å². The molecule has 4 aromatic rings. The molecule has 1 saturated carbocycles. The highest BCUT2D eigenvalue weighted by molar-refractivity contribution is 5.86. The fraction of sp³-hybridized carbons (Fsp3) is 0.511. The van der Waals surface area contributed by atoms with Gasteiger partial charge in [-0.25, -0.2) is 19.6 Å². The maximum absolute atomic E-state index is 13.5. The van der Waals surface area contributed by atoms with Crippen molar-refractivity contribution in [2.45, 2.75) is 115 Å². The van der Waals surface area contributed by atoms with Crippen LogP contribution in [0.1, 0.15) is 113 Å². The minimum atomic E-state index is -0.709. The lowest BCUT2D eigenvalue weighted by molar-refractivity contribution is -0.137. The quantitative estimate of drug-likeness (QED) is 0.136. The molecule has 2 saturated heterocycles. The molecule has 4 aliphatic rings. The molecule has 2 aromatic carbocycles. The number of ether oxygens (including phenoxy) is 2. The number of imidazole rings is 2. The van der Waals surface area contributed by atoms with Gasteiger partial charge in [-0.1, -0.05) is 49.2 Å². The lowest BCUT2D eigenvalue weighted by atomic mass is 9.82. The maximum atomic E-state index is 13.5. The smallest absolute Gasteiger partial charge is 0.407 e. The van der Waals surface area contributed by atoms with Gasteiger partial charge in [-0.3, -0.25) is 9.59 Å². The van der Waals surface area contributed by atoms with Gasteiger partial charge in [0.2, 0.25) is 11.8 Å². The van der Waals surface area contributed by atoms with Gasteiger partial charge in [0.15, 0.2) is 0 Å². The number of aromatic nitrogens is 4. The number of hydrogen-bond acceptors (Lipinski definition) is 8. The molecule has 59 heavy (non-hydrogen) atoms. The zero-order valence-corrected chi connectivity index (χ0v) is 34.6. The Morgan fingerprint density at radius 2 is 1.14 bits per heavy atom. The second kappa shape index (κ2) is 16.9. The molecular formula is C45H56N8O6. The first-order valence-corrected chi connectivity index (χ1v) is 21.2. The van der Waals surface area contributed by atoms with Crippen molar-refractivity contribution in [3.63, 3.8) is 0 Å². The number of likely N-dealkylation sites (tertiary alicyclic amines) is 2. The van der Waals surface area contributed by atoms with Crippen molar-refractivity contribution in [3.05, 3.63) is 71.6 Å². The second-order valence-electron chi connectivity index (χ2n) is 16.9. The number of nitrogens with zero attached hydrogens (tertiary/aromatic N) is 4. The topological polar surface area (TPSA) is 175 Å². The zero-order valence-electron chi connectivity index (χ0n) is 34.6. The Hall–Kier alpha value is -5.66. The Labute approximate surface area is 345 Å².